The van der Waals surface area contributed by atoms with Crippen LogP contribution in [0.2, 0.25) is 0 Å². The van der Waals surface area contributed by atoms with Crippen molar-refractivity contribution in [3.8, 4) is 11.1 Å². The summed E-state index contributed by atoms with van der Waals surface area (Å²) < 4.78 is 13.7. The van der Waals surface area contributed by atoms with E-state index in [9.17, 15) is 14.0 Å². The van der Waals surface area contributed by atoms with Gasteiger partial charge in [-0.15, -0.1) is 0 Å². The largest absolute Gasteiger partial charge is 0.348 e. The molecule has 0 aliphatic carbocycles. The van der Waals surface area contributed by atoms with E-state index in [0.717, 1.165) is 16.7 Å². The first-order valence-electron chi connectivity index (χ1n) is 11.0. The number of aromatic nitrogens is 2. The first-order chi connectivity index (χ1) is 15.9. The van der Waals surface area contributed by atoms with Crippen molar-refractivity contribution in [2.24, 2.45) is 5.41 Å². The third-order valence-corrected chi connectivity index (χ3v) is 6.21. The van der Waals surface area contributed by atoms with Gasteiger partial charge in [-0.05, 0) is 48.6 Å². The molecule has 4 rings (SSSR count). The topological polar surface area (TPSA) is 66.4 Å². The molecule has 3 aromatic rings. The maximum absolute atomic E-state index is 13.7. The summed E-state index contributed by atoms with van der Waals surface area (Å²) in [6, 6.07) is 13.6. The Balaban J connectivity index is 1.70. The Hall–Kier alpha value is -3.61. The highest BCUT2D eigenvalue weighted by Gasteiger charge is 2.44. The Morgan fingerprint density at radius 1 is 1.09 bits per heavy atom. The quantitative estimate of drug-likeness (QED) is 0.597. The lowest BCUT2D eigenvalue weighted by Crippen LogP contribution is -2.54. The minimum Gasteiger partial charge on any atom is -0.348 e. The standard InChI is InChI=1S/C26H27FN4O2/c1-30(2)25(33)26(14-20-7-3-4-10-23(20)21-15-28-18-29-16-21)11-6-12-31(17-26)24(32)19-8-5-9-22(27)13-19/h3-5,7-10,13,15-16,18H,6,11-12,14,17H2,1-2H3. The number of amides is 2. The fourth-order valence-electron chi connectivity index (χ4n) is 4.74. The van der Waals surface area contributed by atoms with Crippen molar-refractivity contribution < 1.29 is 14.0 Å². The Morgan fingerprint density at radius 2 is 1.85 bits per heavy atom. The van der Waals surface area contributed by atoms with Crippen LogP contribution in [0.3, 0.4) is 0 Å². The number of nitrogens with zero attached hydrogens (tertiary/aromatic N) is 4. The molecule has 2 amide bonds. The van der Waals surface area contributed by atoms with Gasteiger partial charge in [0, 0.05) is 50.7 Å². The van der Waals surface area contributed by atoms with Crippen molar-refractivity contribution in [2.45, 2.75) is 19.3 Å². The third kappa shape index (κ3) is 4.77. The first-order valence-corrected chi connectivity index (χ1v) is 11.0. The van der Waals surface area contributed by atoms with Crippen LogP contribution in [-0.2, 0) is 11.2 Å². The molecule has 2 heterocycles. The molecule has 1 aliphatic rings. The number of carbonyl (C=O) groups excluding carboxylic acids is 2. The molecular formula is C26H27FN4O2. The summed E-state index contributed by atoms with van der Waals surface area (Å²) in [6.45, 7) is 0.810. The SMILES string of the molecule is CN(C)C(=O)C1(Cc2ccccc2-c2cncnc2)CCCN(C(=O)c2cccc(F)c2)C1. The van der Waals surface area contributed by atoms with Crippen LogP contribution >= 0.6 is 0 Å². The maximum Gasteiger partial charge on any atom is 0.253 e. The van der Waals surface area contributed by atoms with E-state index in [2.05, 4.69) is 9.97 Å². The third-order valence-electron chi connectivity index (χ3n) is 6.21. The van der Waals surface area contributed by atoms with Crippen molar-refractivity contribution in [1.82, 2.24) is 19.8 Å². The molecule has 1 unspecified atom stereocenters. The van der Waals surface area contributed by atoms with Gasteiger partial charge in [0.1, 0.15) is 12.1 Å². The summed E-state index contributed by atoms with van der Waals surface area (Å²) in [5.41, 5.74) is 2.37. The monoisotopic (exact) mass is 446 g/mol. The van der Waals surface area contributed by atoms with E-state index in [0.29, 0.717) is 31.4 Å². The van der Waals surface area contributed by atoms with E-state index in [4.69, 9.17) is 0 Å². The number of benzene rings is 2. The van der Waals surface area contributed by atoms with Crippen LogP contribution in [-0.4, -0.2) is 58.8 Å². The van der Waals surface area contributed by atoms with Crippen molar-refractivity contribution >= 4 is 11.8 Å². The van der Waals surface area contributed by atoms with Crippen molar-refractivity contribution in [1.29, 1.82) is 0 Å². The van der Waals surface area contributed by atoms with Crippen molar-refractivity contribution in [3.05, 3.63) is 84.2 Å². The predicted octanol–water partition coefficient (Wildman–Crippen LogP) is 3.84. The number of hydrogen-bond donors (Lipinski definition) is 0. The van der Waals surface area contributed by atoms with Gasteiger partial charge < -0.3 is 9.80 Å². The summed E-state index contributed by atoms with van der Waals surface area (Å²) in [4.78, 5) is 38.3. The second-order valence-electron chi connectivity index (χ2n) is 8.78. The maximum atomic E-state index is 13.7. The molecule has 1 aromatic heterocycles. The lowest BCUT2D eigenvalue weighted by molar-refractivity contribution is -0.142. The summed E-state index contributed by atoms with van der Waals surface area (Å²) in [6.07, 6.45) is 6.83. The summed E-state index contributed by atoms with van der Waals surface area (Å²) in [7, 11) is 3.49. The molecule has 33 heavy (non-hydrogen) atoms. The van der Waals surface area contributed by atoms with Gasteiger partial charge in [0.05, 0.1) is 5.41 Å². The smallest absolute Gasteiger partial charge is 0.253 e. The van der Waals surface area contributed by atoms with Crippen LogP contribution in [0.4, 0.5) is 4.39 Å². The van der Waals surface area contributed by atoms with E-state index in [1.54, 1.807) is 42.4 Å². The Morgan fingerprint density at radius 3 is 2.58 bits per heavy atom. The lowest BCUT2D eigenvalue weighted by Gasteiger charge is -2.43. The Labute approximate surface area is 193 Å². The molecule has 2 aromatic carbocycles. The number of carbonyl (C=O) groups is 2. The second kappa shape index (κ2) is 9.48. The highest BCUT2D eigenvalue weighted by molar-refractivity contribution is 5.95. The van der Waals surface area contributed by atoms with E-state index in [1.807, 2.05) is 24.3 Å². The molecule has 1 aliphatic heterocycles. The zero-order chi connectivity index (χ0) is 23.4. The van der Waals surface area contributed by atoms with Gasteiger partial charge in [-0.3, -0.25) is 9.59 Å². The zero-order valence-corrected chi connectivity index (χ0v) is 18.9. The average Bonchev–Trinajstić information content (AvgIpc) is 2.84. The predicted molar refractivity (Wildman–Crippen MR) is 124 cm³/mol. The molecule has 1 saturated heterocycles. The molecule has 0 saturated carbocycles. The first kappa shape index (κ1) is 22.6. The molecule has 0 N–H and O–H groups in total. The lowest BCUT2D eigenvalue weighted by atomic mass is 9.73. The molecule has 7 heteroatoms. The Bertz CT molecular complexity index is 1150. The molecule has 1 fully saturated rings. The van der Waals surface area contributed by atoms with Gasteiger partial charge in [0.25, 0.3) is 5.91 Å². The summed E-state index contributed by atoms with van der Waals surface area (Å²) in [5.74, 6) is -0.722. The van der Waals surface area contributed by atoms with Crippen LogP contribution in [0.25, 0.3) is 11.1 Å². The summed E-state index contributed by atoms with van der Waals surface area (Å²) >= 11 is 0. The summed E-state index contributed by atoms with van der Waals surface area (Å²) in [5, 5.41) is 0. The molecule has 0 bridgehead atoms. The van der Waals surface area contributed by atoms with Gasteiger partial charge in [0.2, 0.25) is 5.91 Å². The minimum atomic E-state index is -0.781. The molecule has 170 valence electrons. The van der Waals surface area contributed by atoms with Crippen LogP contribution in [0.5, 0.6) is 0 Å². The normalized spacial score (nSPS) is 18.1. The van der Waals surface area contributed by atoms with Gasteiger partial charge in [0.15, 0.2) is 0 Å². The number of piperidine rings is 1. The van der Waals surface area contributed by atoms with Crippen molar-refractivity contribution in [2.75, 3.05) is 27.2 Å². The number of hydrogen-bond acceptors (Lipinski definition) is 4. The minimum absolute atomic E-state index is 0.0154. The fraction of sp³-hybridized carbons (Fsp3) is 0.308. The van der Waals surface area contributed by atoms with E-state index in [-0.39, 0.29) is 18.4 Å². The average molecular weight is 447 g/mol. The number of rotatable bonds is 5. The number of likely N-dealkylation sites (tertiary alicyclic amines) is 1. The van der Waals surface area contributed by atoms with E-state index < -0.39 is 11.2 Å². The zero-order valence-electron chi connectivity index (χ0n) is 18.9. The molecule has 6 nitrogen and oxygen atoms in total. The van der Waals surface area contributed by atoms with Gasteiger partial charge in [-0.25, -0.2) is 14.4 Å². The molecular weight excluding hydrogens is 419 g/mol. The van der Waals surface area contributed by atoms with Gasteiger partial charge in [-0.2, -0.15) is 0 Å². The van der Waals surface area contributed by atoms with Gasteiger partial charge >= 0.3 is 0 Å². The molecule has 0 radical (unpaired) electrons. The van der Waals surface area contributed by atoms with E-state index >= 15 is 0 Å². The van der Waals surface area contributed by atoms with E-state index in [1.165, 1.54) is 24.5 Å². The number of halogens is 1. The molecule has 0 spiro atoms. The van der Waals surface area contributed by atoms with Crippen molar-refractivity contribution in [3.63, 3.8) is 0 Å². The second-order valence-corrected chi connectivity index (χ2v) is 8.78. The fourth-order valence-corrected chi connectivity index (χ4v) is 4.74. The van der Waals surface area contributed by atoms with Gasteiger partial charge in [-0.1, -0.05) is 30.3 Å². The van der Waals surface area contributed by atoms with Crippen LogP contribution in [0, 0.1) is 11.2 Å². The highest BCUT2D eigenvalue weighted by Crippen LogP contribution is 2.38. The molecule has 1 atom stereocenters. The van der Waals surface area contributed by atoms with Crippen LogP contribution < -0.4 is 0 Å². The van der Waals surface area contributed by atoms with Crippen LogP contribution in [0.1, 0.15) is 28.8 Å². The highest BCUT2D eigenvalue weighted by atomic mass is 19.1. The van der Waals surface area contributed by atoms with Crippen LogP contribution in [0.15, 0.2) is 67.3 Å². The Kier molecular flexibility index (Phi) is 6.49.